The van der Waals surface area contributed by atoms with Crippen molar-refractivity contribution in [3.63, 3.8) is 0 Å². The van der Waals surface area contributed by atoms with Crippen LogP contribution in [-0.4, -0.2) is 42.0 Å². The third-order valence-electron chi connectivity index (χ3n) is 4.35. The number of aryl methyl sites for hydroxylation is 2. The number of hydrogen-bond acceptors (Lipinski definition) is 4. The van der Waals surface area contributed by atoms with Crippen molar-refractivity contribution >= 4 is 32.6 Å². The van der Waals surface area contributed by atoms with Crippen LogP contribution in [0, 0.1) is 19.8 Å². The molecule has 1 saturated heterocycles. The Balaban J connectivity index is 1.75. The van der Waals surface area contributed by atoms with E-state index >= 15 is 0 Å². The van der Waals surface area contributed by atoms with Gasteiger partial charge in [0.2, 0.25) is 5.91 Å². The summed E-state index contributed by atoms with van der Waals surface area (Å²) in [6, 6.07) is 4.40. The normalized spacial score (nSPS) is 15.9. The molecule has 1 amide bonds. The molecule has 118 valence electrons. The molecule has 0 radical (unpaired) electrons. The molecular formula is C17H23N3OS. The Morgan fingerprint density at radius 3 is 2.41 bits per heavy atom. The van der Waals surface area contributed by atoms with Crippen LogP contribution in [0.2, 0.25) is 0 Å². The highest BCUT2D eigenvalue weighted by atomic mass is 32.1. The molecule has 4 nitrogen and oxygen atoms in total. The Morgan fingerprint density at radius 2 is 1.77 bits per heavy atom. The standard InChI is InChI=1S/C17H23N3OS/c1-11(2)16(21)19-5-7-20(8-6-19)17-18-14-9-12(3)13(4)10-15(14)22-17/h9-11H,5-8H2,1-4H3. The van der Waals surface area contributed by atoms with E-state index in [1.165, 1.54) is 15.8 Å². The fraction of sp³-hybridized carbons (Fsp3) is 0.529. The Kier molecular flexibility index (Phi) is 4.08. The van der Waals surface area contributed by atoms with Gasteiger partial charge < -0.3 is 9.80 Å². The number of piperazine rings is 1. The molecule has 0 spiro atoms. The van der Waals surface area contributed by atoms with Gasteiger partial charge in [-0.25, -0.2) is 4.98 Å². The Morgan fingerprint density at radius 1 is 1.14 bits per heavy atom. The van der Waals surface area contributed by atoms with E-state index < -0.39 is 0 Å². The van der Waals surface area contributed by atoms with E-state index in [0.717, 1.165) is 36.8 Å². The molecule has 1 aliphatic rings. The van der Waals surface area contributed by atoms with Crippen molar-refractivity contribution in [2.75, 3.05) is 31.1 Å². The second-order valence-corrected chi connectivity index (χ2v) is 7.38. The van der Waals surface area contributed by atoms with E-state index in [-0.39, 0.29) is 11.8 Å². The lowest BCUT2D eigenvalue weighted by Gasteiger charge is -2.35. The lowest BCUT2D eigenvalue weighted by atomic mass is 10.1. The molecule has 5 heteroatoms. The summed E-state index contributed by atoms with van der Waals surface area (Å²) in [7, 11) is 0. The summed E-state index contributed by atoms with van der Waals surface area (Å²) in [5.41, 5.74) is 3.69. The summed E-state index contributed by atoms with van der Waals surface area (Å²) in [6.45, 7) is 11.5. The Bertz CT molecular complexity index is 660. The minimum Gasteiger partial charge on any atom is -0.345 e. The molecular weight excluding hydrogens is 294 g/mol. The van der Waals surface area contributed by atoms with Gasteiger partial charge in [0, 0.05) is 32.1 Å². The van der Waals surface area contributed by atoms with Gasteiger partial charge in [-0.3, -0.25) is 4.79 Å². The molecule has 2 aromatic rings. The van der Waals surface area contributed by atoms with Gasteiger partial charge in [-0.1, -0.05) is 25.2 Å². The van der Waals surface area contributed by atoms with Crippen LogP contribution in [0.15, 0.2) is 12.1 Å². The van der Waals surface area contributed by atoms with E-state index in [9.17, 15) is 4.79 Å². The molecule has 0 bridgehead atoms. The largest absolute Gasteiger partial charge is 0.345 e. The monoisotopic (exact) mass is 317 g/mol. The molecule has 0 unspecified atom stereocenters. The first-order valence-electron chi connectivity index (χ1n) is 7.87. The predicted molar refractivity (Wildman–Crippen MR) is 92.7 cm³/mol. The van der Waals surface area contributed by atoms with Crippen LogP contribution in [0.3, 0.4) is 0 Å². The number of benzene rings is 1. The molecule has 0 saturated carbocycles. The van der Waals surface area contributed by atoms with Crippen molar-refractivity contribution in [1.29, 1.82) is 0 Å². The lowest BCUT2D eigenvalue weighted by molar-refractivity contribution is -0.134. The van der Waals surface area contributed by atoms with Crippen molar-refractivity contribution in [3.05, 3.63) is 23.3 Å². The number of anilines is 1. The molecule has 0 aliphatic carbocycles. The first kappa shape index (κ1) is 15.3. The molecule has 1 aromatic heterocycles. The predicted octanol–water partition coefficient (Wildman–Crippen LogP) is 3.22. The number of nitrogens with zero attached hydrogens (tertiary/aromatic N) is 3. The fourth-order valence-corrected chi connectivity index (χ4v) is 3.88. The number of thiazole rings is 1. The highest BCUT2D eigenvalue weighted by molar-refractivity contribution is 7.22. The van der Waals surface area contributed by atoms with Crippen LogP contribution >= 0.6 is 11.3 Å². The summed E-state index contributed by atoms with van der Waals surface area (Å²) in [4.78, 5) is 21.1. The number of aromatic nitrogens is 1. The highest BCUT2D eigenvalue weighted by Gasteiger charge is 2.24. The van der Waals surface area contributed by atoms with Gasteiger partial charge >= 0.3 is 0 Å². The molecule has 1 aromatic carbocycles. The molecule has 1 fully saturated rings. The first-order valence-corrected chi connectivity index (χ1v) is 8.69. The van der Waals surface area contributed by atoms with Gasteiger partial charge in [-0.2, -0.15) is 0 Å². The van der Waals surface area contributed by atoms with E-state index in [1.54, 1.807) is 11.3 Å². The topological polar surface area (TPSA) is 36.4 Å². The second kappa shape index (κ2) is 5.88. The number of hydrogen-bond donors (Lipinski definition) is 0. The minimum atomic E-state index is 0.0833. The van der Waals surface area contributed by atoms with Gasteiger partial charge in [-0.15, -0.1) is 0 Å². The zero-order valence-corrected chi connectivity index (χ0v) is 14.5. The van der Waals surface area contributed by atoms with Gasteiger partial charge in [-0.05, 0) is 37.1 Å². The smallest absolute Gasteiger partial charge is 0.225 e. The van der Waals surface area contributed by atoms with Crippen molar-refractivity contribution in [1.82, 2.24) is 9.88 Å². The molecule has 1 aliphatic heterocycles. The molecule has 2 heterocycles. The molecule has 3 rings (SSSR count). The number of fused-ring (bicyclic) bond motifs is 1. The van der Waals surface area contributed by atoms with Crippen molar-refractivity contribution in [2.45, 2.75) is 27.7 Å². The molecule has 22 heavy (non-hydrogen) atoms. The minimum absolute atomic E-state index is 0.0833. The summed E-state index contributed by atoms with van der Waals surface area (Å²) in [5.74, 6) is 0.343. The number of rotatable bonds is 2. The summed E-state index contributed by atoms with van der Waals surface area (Å²) in [6.07, 6.45) is 0. The van der Waals surface area contributed by atoms with Crippen LogP contribution in [0.5, 0.6) is 0 Å². The summed E-state index contributed by atoms with van der Waals surface area (Å²) >= 11 is 1.75. The van der Waals surface area contributed by atoms with Crippen molar-refractivity contribution < 1.29 is 4.79 Å². The van der Waals surface area contributed by atoms with Gasteiger partial charge in [0.25, 0.3) is 0 Å². The lowest BCUT2D eigenvalue weighted by Crippen LogP contribution is -2.49. The van der Waals surface area contributed by atoms with Crippen LogP contribution in [0.4, 0.5) is 5.13 Å². The zero-order chi connectivity index (χ0) is 15.9. The zero-order valence-electron chi connectivity index (χ0n) is 13.7. The average molecular weight is 317 g/mol. The van der Waals surface area contributed by atoms with E-state index in [2.05, 4.69) is 30.9 Å². The van der Waals surface area contributed by atoms with Crippen LogP contribution in [-0.2, 0) is 4.79 Å². The summed E-state index contributed by atoms with van der Waals surface area (Å²) < 4.78 is 1.25. The van der Waals surface area contributed by atoms with Gasteiger partial charge in [0.05, 0.1) is 10.2 Å². The molecule has 0 atom stereocenters. The molecule has 0 N–H and O–H groups in total. The first-order chi connectivity index (χ1) is 10.5. The summed E-state index contributed by atoms with van der Waals surface area (Å²) in [5, 5.41) is 1.08. The fourth-order valence-electron chi connectivity index (χ4n) is 2.79. The van der Waals surface area contributed by atoms with Crippen molar-refractivity contribution in [2.24, 2.45) is 5.92 Å². The quantitative estimate of drug-likeness (QED) is 0.853. The second-order valence-electron chi connectivity index (χ2n) is 6.37. The van der Waals surface area contributed by atoms with Gasteiger partial charge in [0.15, 0.2) is 5.13 Å². The van der Waals surface area contributed by atoms with E-state index in [4.69, 9.17) is 4.98 Å². The highest BCUT2D eigenvalue weighted by Crippen LogP contribution is 2.31. The maximum atomic E-state index is 12.1. The third kappa shape index (κ3) is 2.82. The third-order valence-corrected chi connectivity index (χ3v) is 5.43. The van der Waals surface area contributed by atoms with Crippen LogP contribution in [0.1, 0.15) is 25.0 Å². The Labute approximate surface area is 135 Å². The van der Waals surface area contributed by atoms with E-state index in [0.29, 0.717) is 0 Å². The van der Waals surface area contributed by atoms with Crippen molar-refractivity contribution in [3.8, 4) is 0 Å². The maximum absolute atomic E-state index is 12.1. The average Bonchev–Trinajstić information content (AvgIpc) is 2.90. The number of amides is 1. The van der Waals surface area contributed by atoms with Crippen LogP contribution < -0.4 is 4.90 Å². The maximum Gasteiger partial charge on any atom is 0.225 e. The number of carbonyl (C=O) groups is 1. The Hall–Kier alpha value is -1.62. The van der Waals surface area contributed by atoms with Crippen LogP contribution in [0.25, 0.3) is 10.2 Å². The SMILES string of the molecule is Cc1cc2nc(N3CCN(C(=O)C(C)C)CC3)sc2cc1C. The van der Waals surface area contributed by atoms with Gasteiger partial charge in [0.1, 0.15) is 0 Å². The number of carbonyl (C=O) groups excluding carboxylic acids is 1. The van der Waals surface area contributed by atoms with E-state index in [1.807, 2.05) is 18.7 Å².